The van der Waals surface area contributed by atoms with Gasteiger partial charge in [-0.05, 0) is 37.7 Å². The van der Waals surface area contributed by atoms with Crippen molar-refractivity contribution in [2.45, 2.75) is 43.0 Å². The third-order valence-corrected chi connectivity index (χ3v) is 7.98. The maximum atomic E-state index is 12.9. The molecule has 2 aliphatic heterocycles. The van der Waals surface area contributed by atoms with E-state index in [0.717, 1.165) is 0 Å². The van der Waals surface area contributed by atoms with E-state index < -0.39 is 28.6 Å². The summed E-state index contributed by atoms with van der Waals surface area (Å²) in [4.78, 5) is 28.6. The zero-order chi connectivity index (χ0) is 25.5. The van der Waals surface area contributed by atoms with Crippen molar-refractivity contribution in [3.05, 3.63) is 18.0 Å². The molecular weight excluding hydrogens is 493 g/mol. The van der Waals surface area contributed by atoms with Gasteiger partial charge >= 0.3 is 12.5 Å². The van der Waals surface area contributed by atoms with Crippen LogP contribution in [0, 0.1) is 17.8 Å². The van der Waals surface area contributed by atoms with Crippen LogP contribution in [0.5, 0.6) is 0 Å². The summed E-state index contributed by atoms with van der Waals surface area (Å²) in [5.74, 6) is -0.121. The maximum Gasteiger partial charge on any atom is 0.522 e. The highest BCUT2D eigenvalue weighted by molar-refractivity contribution is 7.89. The smallest absolute Gasteiger partial charge is 0.449 e. The van der Waals surface area contributed by atoms with Crippen molar-refractivity contribution in [1.29, 1.82) is 0 Å². The highest BCUT2D eigenvalue weighted by Crippen LogP contribution is 2.34. The summed E-state index contributed by atoms with van der Waals surface area (Å²) in [6.45, 7) is 1.91. The Kier molecular flexibility index (Phi) is 7.08. The predicted molar refractivity (Wildman–Crippen MR) is 115 cm³/mol. The number of rotatable bonds is 5. The first-order valence-corrected chi connectivity index (χ1v) is 13.0. The second-order valence-electron chi connectivity index (χ2n) is 9.64. The number of hydrogen-bond acceptors (Lipinski definition) is 6. The average molecular weight is 523 g/mol. The maximum absolute atomic E-state index is 12.9. The van der Waals surface area contributed by atoms with Crippen molar-refractivity contribution < 1.29 is 40.7 Å². The number of halogens is 3. The van der Waals surface area contributed by atoms with Crippen molar-refractivity contribution in [3.63, 3.8) is 0 Å². The zero-order valence-electron chi connectivity index (χ0n) is 19.2. The molecule has 2 amide bonds. The summed E-state index contributed by atoms with van der Waals surface area (Å²) in [6, 6.07) is 1.26. The first kappa shape index (κ1) is 25.8. The fourth-order valence-corrected chi connectivity index (χ4v) is 5.84. The lowest BCUT2D eigenvalue weighted by Crippen LogP contribution is -2.37. The Hall–Kier alpha value is -2.32. The van der Waals surface area contributed by atoms with Gasteiger partial charge in [-0.15, -0.1) is 13.2 Å². The number of aromatic nitrogens is 1. The number of primary sulfonamides is 1. The summed E-state index contributed by atoms with van der Waals surface area (Å²) >= 11 is 0. The molecule has 3 heterocycles. The standard InChI is InChI=1S/C21H29F3N4O6S/c1-26-11-17(35(25,31)32)6-18(26)19(29)27-7-14-9-28(10-15(14)8-27)20(30)33-12-13-2-4-16(5-3-13)34-21(22,23)24/h6,11,13-16H,2-5,7-10,12H2,1H3,(H2,25,31,32). The third-order valence-electron chi connectivity index (χ3n) is 7.10. The van der Waals surface area contributed by atoms with Gasteiger partial charge in [0.2, 0.25) is 10.0 Å². The number of nitrogens with two attached hydrogens (primary N) is 1. The van der Waals surface area contributed by atoms with Crippen molar-refractivity contribution in [2.24, 2.45) is 29.9 Å². The van der Waals surface area contributed by atoms with Gasteiger partial charge in [0.25, 0.3) is 5.91 Å². The molecule has 196 valence electrons. The molecule has 1 aliphatic carbocycles. The molecule has 1 aromatic rings. The number of sulfonamides is 1. The molecule has 3 fully saturated rings. The second-order valence-corrected chi connectivity index (χ2v) is 11.2. The normalized spacial score (nSPS) is 27.2. The van der Waals surface area contributed by atoms with Crippen LogP contribution in [0.3, 0.4) is 0 Å². The van der Waals surface area contributed by atoms with Gasteiger partial charge in [0.1, 0.15) is 10.6 Å². The van der Waals surface area contributed by atoms with Gasteiger partial charge in [-0.25, -0.2) is 18.4 Å². The van der Waals surface area contributed by atoms with Crippen molar-refractivity contribution in [1.82, 2.24) is 14.4 Å². The van der Waals surface area contributed by atoms with E-state index >= 15 is 0 Å². The van der Waals surface area contributed by atoms with E-state index in [1.54, 1.807) is 16.8 Å². The minimum Gasteiger partial charge on any atom is -0.449 e. The van der Waals surface area contributed by atoms with Crippen LogP contribution in [0.4, 0.5) is 18.0 Å². The molecule has 0 radical (unpaired) electrons. The molecule has 0 bridgehead atoms. The molecule has 2 atom stereocenters. The predicted octanol–water partition coefficient (Wildman–Crippen LogP) is 1.91. The lowest BCUT2D eigenvalue weighted by atomic mass is 9.88. The fraction of sp³-hybridized carbons (Fsp3) is 0.714. The van der Waals surface area contributed by atoms with Crippen LogP contribution in [0.2, 0.25) is 0 Å². The van der Waals surface area contributed by atoms with Gasteiger partial charge in [0.05, 0.1) is 12.7 Å². The average Bonchev–Trinajstić information content (AvgIpc) is 3.44. The van der Waals surface area contributed by atoms with E-state index in [0.29, 0.717) is 39.0 Å². The molecule has 0 spiro atoms. The summed E-state index contributed by atoms with van der Waals surface area (Å²) < 4.78 is 71.1. The molecule has 10 nitrogen and oxygen atoms in total. The van der Waals surface area contributed by atoms with E-state index in [1.807, 2.05) is 0 Å². The number of aryl methyl sites for hydroxylation is 1. The van der Waals surface area contributed by atoms with Crippen molar-refractivity contribution >= 4 is 22.0 Å². The monoisotopic (exact) mass is 522 g/mol. The van der Waals surface area contributed by atoms with Crippen LogP contribution in [-0.4, -0.2) is 80.0 Å². The third kappa shape index (κ3) is 6.09. The summed E-state index contributed by atoms with van der Waals surface area (Å²) in [6.07, 6.45) is -3.07. The van der Waals surface area contributed by atoms with Crippen LogP contribution in [-0.2, 0) is 26.5 Å². The minimum absolute atomic E-state index is 0.00904. The quantitative estimate of drug-likeness (QED) is 0.630. The molecular formula is C21H29F3N4O6S. The molecule has 4 rings (SSSR count). The van der Waals surface area contributed by atoms with Crippen LogP contribution >= 0.6 is 0 Å². The van der Waals surface area contributed by atoms with Crippen molar-refractivity contribution in [2.75, 3.05) is 32.8 Å². The SMILES string of the molecule is Cn1cc(S(N)(=O)=O)cc1C(=O)N1CC2CN(C(=O)OCC3CCC(OC(F)(F)F)CC3)CC2C1. The van der Waals surface area contributed by atoms with Gasteiger partial charge < -0.3 is 19.1 Å². The Bertz CT molecular complexity index is 1050. The molecule has 2 saturated heterocycles. The highest BCUT2D eigenvalue weighted by Gasteiger charge is 2.44. The number of carbonyl (C=O) groups excluding carboxylic acids is 2. The molecule has 1 aromatic heterocycles. The summed E-state index contributed by atoms with van der Waals surface area (Å²) in [5, 5.41) is 5.15. The van der Waals surface area contributed by atoms with Crippen LogP contribution in [0.15, 0.2) is 17.2 Å². The number of alkyl halides is 3. The number of amides is 2. The van der Waals surface area contributed by atoms with E-state index in [9.17, 15) is 31.2 Å². The Labute approximate surface area is 201 Å². The Morgan fingerprint density at radius 3 is 2.14 bits per heavy atom. The molecule has 35 heavy (non-hydrogen) atoms. The number of hydrogen-bond donors (Lipinski definition) is 1. The zero-order valence-corrected chi connectivity index (χ0v) is 20.1. The largest absolute Gasteiger partial charge is 0.522 e. The molecule has 1 saturated carbocycles. The molecule has 0 aromatic carbocycles. The molecule has 3 aliphatic rings. The Morgan fingerprint density at radius 1 is 1.06 bits per heavy atom. The second kappa shape index (κ2) is 9.62. The number of nitrogens with zero attached hydrogens (tertiary/aromatic N) is 3. The molecule has 14 heteroatoms. The van der Waals surface area contributed by atoms with Gasteiger partial charge in [-0.1, -0.05) is 0 Å². The lowest BCUT2D eigenvalue weighted by molar-refractivity contribution is -0.345. The van der Waals surface area contributed by atoms with E-state index in [-0.39, 0.29) is 53.7 Å². The van der Waals surface area contributed by atoms with E-state index in [2.05, 4.69) is 4.74 Å². The van der Waals surface area contributed by atoms with Gasteiger partial charge in [0.15, 0.2) is 0 Å². The number of ether oxygens (including phenoxy) is 2. The van der Waals surface area contributed by atoms with Crippen LogP contribution in [0.25, 0.3) is 0 Å². The van der Waals surface area contributed by atoms with Crippen LogP contribution in [0.1, 0.15) is 36.2 Å². The Balaban J connectivity index is 1.22. The number of likely N-dealkylation sites (tertiary alicyclic amines) is 2. The molecule has 2 N–H and O–H groups in total. The van der Waals surface area contributed by atoms with E-state index in [1.165, 1.54) is 16.8 Å². The topological polar surface area (TPSA) is 124 Å². The first-order valence-electron chi connectivity index (χ1n) is 11.4. The van der Waals surface area contributed by atoms with Crippen molar-refractivity contribution in [3.8, 4) is 0 Å². The first-order chi connectivity index (χ1) is 16.3. The van der Waals surface area contributed by atoms with E-state index in [4.69, 9.17) is 9.88 Å². The Morgan fingerprint density at radius 2 is 1.63 bits per heavy atom. The number of fused-ring (bicyclic) bond motifs is 1. The highest BCUT2D eigenvalue weighted by atomic mass is 32.2. The summed E-state index contributed by atoms with van der Waals surface area (Å²) in [7, 11) is -2.34. The minimum atomic E-state index is -4.63. The summed E-state index contributed by atoms with van der Waals surface area (Å²) in [5.41, 5.74) is 0.223. The fourth-order valence-electron chi connectivity index (χ4n) is 5.26. The van der Waals surface area contributed by atoms with Gasteiger partial charge in [-0.2, -0.15) is 0 Å². The van der Waals surface area contributed by atoms with Gasteiger partial charge in [-0.3, -0.25) is 9.53 Å². The van der Waals surface area contributed by atoms with Crippen LogP contribution < -0.4 is 5.14 Å². The number of carbonyl (C=O) groups is 2. The van der Waals surface area contributed by atoms with Gasteiger partial charge in [0, 0.05) is 51.3 Å². The lowest BCUT2D eigenvalue weighted by Gasteiger charge is -2.29. The molecule has 2 unspecified atom stereocenters.